The smallest absolute Gasteiger partial charge is 0.166 e. The van der Waals surface area contributed by atoms with Gasteiger partial charge in [-0.1, -0.05) is 13.8 Å². The minimum absolute atomic E-state index is 0.0900. The first-order valence-electron chi connectivity index (χ1n) is 5.89. The number of rotatable bonds is 3. The topological polar surface area (TPSA) is 0 Å². The maximum absolute atomic E-state index is 12.6. The Kier molecular flexibility index (Phi) is 4.53. The van der Waals surface area contributed by atoms with Crippen LogP contribution < -0.4 is 0 Å². The summed E-state index contributed by atoms with van der Waals surface area (Å²) in [6.45, 7) is 3.48. The molecule has 1 rings (SSSR count). The van der Waals surface area contributed by atoms with Crippen molar-refractivity contribution in [2.75, 3.05) is 0 Å². The molecular formula is C13H14F6. The molecule has 0 nitrogen and oxygen atoms in total. The van der Waals surface area contributed by atoms with Gasteiger partial charge in [0.1, 0.15) is 0 Å². The quantitative estimate of drug-likeness (QED) is 0.631. The van der Waals surface area contributed by atoms with Gasteiger partial charge in [-0.05, 0) is 42.5 Å². The zero-order valence-electron chi connectivity index (χ0n) is 10.5. The molecule has 1 aromatic carbocycles. The first-order chi connectivity index (χ1) is 8.59. The van der Waals surface area contributed by atoms with E-state index in [2.05, 4.69) is 0 Å². The second kappa shape index (κ2) is 5.43. The lowest BCUT2D eigenvalue weighted by atomic mass is 9.91. The van der Waals surface area contributed by atoms with Crippen LogP contribution in [0.4, 0.5) is 26.3 Å². The molecule has 6 heteroatoms. The largest absolute Gasteiger partial charge is 0.416 e. The van der Waals surface area contributed by atoms with Crippen molar-refractivity contribution in [1.29, 1.82) is 0 Å². The van der Waals surface area contributed by atoms with Crippen LogP contribution in [0.25, 0.3) is 0 Å². The molecule has 0 fully saturated rings. The Morgan fingerprint density at radius 2 is 1.16 bits per heavy atom. The van der Waals surface area contributed by atoms with E-state index in [1.165, 1.54) is 0 Å². The van der Waals surface area contributed by atoms with Crippen molar-refractivity contribution >= 4 is 0 Å². The molecule has 0 aromatic heterocycles. The van der Waals surface area contributed by atoms with Gasteiger partial charge in [0.25, 0.3) is 0 Å². The fraction of sp³-hybridized carbons (Fsp3) is 0.538. The van der Waals surface area contributed by atoms with E-state index < -0.39 is 23.5 Å². The molecule has 0 amide bonds. The van der Waals surface area contributed by atoms with Crippen LogP contribution in [0, 0.1) is 0 Å². The summed E-state index contributed by atoms with van der Waals surface area (Å²) < 4.78 is 75.8. The first kappa shape index (κ1) is 15.9. The second-order valence-corrected chi connectivity index (χ2v) is 4.35. The monoisotopic (exact) mass is 284 g/mol. The predicted octanol–water partition coefficient (Wildman–Crippen LogP) is 5.63. The van der Waals surface area contributed by atoms with E-state index >= 15 is 0 Å². The molecule has 0 saturated heterocycles. The Balaban J connectivity index is 3.41. The summed E-state index contributed by atoms with van der Waals surface area (Å²) in [5.41, 5.74) is -2.40. The Morgan fingerprint density at radius 3 is 1.42 bits per heavy atom. The maximum Gasteiger partial charge on any atom is 0.416 e. The Hall–Kier alpha value is -1.20. The van der Waals surface area contributed by atoms with E-state index in [-0.39, 0.29) is 17.5 Å². The SMILES string of the molecule is CCC(CC)c1cc(C(F)(F)F)cc(C(F)(F)F)c1. The van der Waals surface area contributed by atoms with Crippen LogP contribution >= 0.6 is 0 Å². The van der Waals surface area contributed by atoms with Gasteiger partial charge in [0.05, 0.1) is 11.1 Å². The Labute approximate surface area is 107 Å². The highest BCUT2D eigenvalue weighted by Crippen LogP contribution is 2.38. The number of halogens is 6. The zero-order valence-corrected chi connectivity index (χ0v) is 10.5. The Bertz CT molecular complexity index is 393. The fourth-order valence-corrected chi connectivity index (χ4v) is 1.97. The third kappa shape index (κ3) is 3.88. The van der Waals surface area contributed by atoms with Crippen LogP contribution in [0.15, 0.2) is 18.2 Å². The van der Waals surface area contributed by atoms with Gasteiger partial charge in [-0.3, -0.25) is 0 Å². The van der Waals surface area contributed by atoms with E-state index in [1.54, 1.807) is 13.8 Å². The van der Waals surface area contributed by atoms with Crippen molar-refractivity contribution in [2.45, 2.75) is 45.0 Å². The molecule has 0 atom stereocenters. The van der Waals surface area contributed by atoms with E-state index in [4.69, 9.17) is 0 Å². The molecule has 1 aromatic rings. The van der Waals surface area contributed by atoms with Crippen molar-refractivity contribution in [3.63, 3.8) is 0 Å². The summed E-state index contributed by atoms with van der Waals surface area (Å²) in [5, 5.41) is 0. The van der Waals surface area contributed by atoms with Gasteiger partial charge < -0.3 is 0 Å². The molecule has 0 unspecified atom stereocenters. The molecule has 0 bridgehead atoms. The van der Waals surface area contributed by atoms with Crippen LogP contribution in [-0.2, 0) is 12.4 Å². The molecule has 0 aliphatic rings. The molecule has 0 heterocycles. The molecule has 108 valence electrons. The standard InChI is InChI=1S/C13H14F6/c1-3-8(4-2)9-5-10(12(14,15)16)7-11(6-9)13(17,18)19/h5-8H,3-4H2,1-2H3. The van der Waals surface area contributed by atoms with Gasteiger partial charge >= 0.3 is 12.4 Å². The molecule has 0 spiro atoms. The normalized spacial score (nSPS) is 13.1. The highest BCUT2D eigenvalue weighted by molar-refractivity contribution is 5.35. The fourth-order valence-electron chi connectivity index (χ4n) is 1.97. The molecule has 0 aliphatic heterocycles. The zero-order chi connectivity index (χ0) is 14.8. The highest BCUT2D eigenvalue weighted by atomic mass is 19.4. The van der Waals surface area contributed by atoms with Crippen molar-refractivity contribution < 1.29 is 26.3 Å². The summed E-state index contributed by atoms with van der Waals surface area (Å²) >= 11 is 0. The molecule has 19 heavy (non-hydrogen) atoms. The van der Waals surface area contributed by atoms with Crippen LogP contribution in [0.1, 0.15) is 49.3 Å². The third-order valence-electron chi connectivity index (χ3n) is 3.07. The van der Waals surface area contributed by atoms with Crippen LogP contribution in [-0.4, -0.2) is 0 Å². The van der Waals surface area contributed by atoms with E-state index in [0.717, 1.165) is 12.1 Å². The van der Waals surface area contributed by atoms with Gasteiger partial charge in [-0.25, -0.2) is 0 Å². The summed E-state index contributed by atoms with van der Waals surface area (Å²) in [6, 6.07) is 1.78. The van der Waals surface area contributed by atoms with Crippen LogP contribution in [0.5, 0.6) is 0 Å². The van der Waals surface area contributed by atoms with Gasteiger partial charge in [-0.2, -0.15) is 26.3 Å². The molecule has 0 radical (unpaired) electrons. The summed E-state index contributed by atoms with van der Waals surface area (Å²) in [4.78, 5) is 0. The number of alkyl halides is 6. The van der Waals surface area contributed by atoms with E-state index in [9.17, 15) is 26.3 Å². The minimum atomic E-state index is -4.78. The Morgan fingerprint density at radius 1 is 0.789 bits per heavy atom. The lowest BCUT2D eigenvalue weighted by molar-refractivity contribution is -0.143. The van der Waals surface area contributed by atoms with Crippen molar-refractivity contribution in [1.82, 2.24) is 0 Å². The lowest BCUT2D eigenvalue weighted by Gasteiger charge is -2.18. The number of hydrogen-bond donors (Lipinski definition) is 0. The minimum Gasteiger partial charge on any atom is -0.166 e. The van der Waals surface area contributed by atoms with Gasteiger partial charge in [0, 0.05) is 0 Å². The van der Waals surface area contributed by atoms with Crippen molar-refractivity contribution in [2.24, 2.45) is 0 Å². The van der Waals surface area contributed by atoms with Gasteiger partial charge in [0.2, 0.25) is 0 Å². The van der Waals surface area contributed by atoms with Crippen molar-refractivity contribution in [3.05, 3.63) is 34.9 Å². The summed E-state index contributed by atoms with van der Waals surface area (Å²) in [7, 11) is 0. The maximum atomic E-state index is 12.6. The molecular weight excluding hydrogens is 270 g/mol. The van der Waals surface area contributed by atoms with Crippen molar-refractivity contribution in [3.8, 4) is 0 Å². The average molecular weight is 284 g/mol. The third-order valence-corrected chi connectivity index (χ3v) is 3.07. The molecule has 0 saturated carbocycles. The average Bonchev–Trinajstić information content (AvgIpc) is 2.28. The summed E-state index contributed by atoms with van der Waals surface area (Å²) in [5.74, 6) is -0.302. The van der Waals surface area contributed by atoms with Gasteiger partial charge in [0.15, 0.2) is 0 Å². The molecule has 0 aliphatic carbocycles. The lowest BCUT2D eigenvalue weighted by Crippen LogP contribution is -2.12. The van der Waals surface area contributed by atoms with E-state index in [0.29, 0.717) is 12.8 Å². The number of hydrogen-bond acceptors (Lipinski definition) is 0. The first-order valence-corrected chi connectivity index (χ1v) is 5.89. The number of benzene rings is 1. The van der Waals surface area contributed by atoms with Crippen LogP contribution in [0.3, 0.4) is 0 Å². The van der Waals surface area contributed by atoms with E-state index in [1.807, 2.05) is 0 Å². The summed E-state index contributed by atoms with van der Waals surface area (Å²) in [6.07, 6.45) is -8.56. The molecule has 0 N–H and O–H groups in total. The van der Waals surface area contributed by atoms with Gasteiger partial charge in [-0.15, -0.1) is 0 Å². The predicted molar refractivity (Wildman–Crippen MR) is 59.8 cm³/mol. The van der Waals surface area contributed by atoms with Crippen LogP contribution in [0.2, 0.25) is 0 Å². The highest BCUT2D eigenvalue weighted by Gasteiger charge is 2.37. The second-order valence-electron chi connectivity index (χ2n) is 4.35.